The number of hydrogen-bond acceptors (Lipinski definition) is 5. The maximum absolute atomic E-state index is 5.47. The molecule has 5 nitrogen and oxygen atoms in total. The normalized spacial score (nSPS) is 20.1. The maximum atomic E-state index is 5.47. The fourth-order valence-electron chi connectivity index (χ4n) is 1.74. The van der Waals surface area contributed by atoms with Crippen molar-refractivity contribution < 1.29 is 9.26 Å². The van der Waals surface area contributed by atoms with Crippen LogP contribution in [0.5, 0.6) is 0 Å². The van der Waals surface area contributed by atoms with Gasteiger partial charge in [0, 0.05) is 12.8 Å². The molecule has 0 radical (unpaired) electrons. The molecule has 16 heavy (non-hydrogen) atoms. The van der Waals surface area contributed by atoms with E-state index in [4.69, 9.17) is 9.26 Å². The molecule has 3 rings (SSSR count). The van der Waals surface area contributed by atoms with E-state index in [0.717, 1.165) is 25.1 Å². The predicted octanol–water partition coefficient (Wildman–Crippen LogP) is 1.98. The van der Waals surface area contributed by atoms with Gasteiger partial charge < -0.3 is 9.26 Å². The third-order valence-electron chi connectivity index (χ3n) is 2.54. The Morgan fingerprint density at radius 3 is 3.06 bits per heavy atom. The van der Waals surface area contributed by atoms with E-state index in [1.807, 2.05) is 18.2 Å². The second-order valence-corrected chi connectivity index (χ2v) is 3.67. The van der Waals surface area contributed by atoms with Crippen LogP contribution >= 0.6 is 0 Å². The summed E-state index contributed by atoms with van der Waals surface area (Å²) in [6.07, 6.45) is 3.66. The summed E-state index contributed by atoms with van der Waals surface area (Å²) in [5.74, 6) is 1.07. The monoisotopic (exact) mass is 217 g/mol. The van der Waals surface area contributed by atoms with E-state index >= 15 is 0 Å². The molecule has 2 aromatic rings. The minimum Gasteiger partial charge on any atom is -0.368 e. The van der Waals surface area contributed by atoms with Crippen LogP contribution in [0.3, 0.4) is 0 Å². The maximum Gasteiger partial charge on any atom is 0.256 e. The van der Waals surface area contributed by atoms with Gasteiger partial charge in [-0.3, -0.25) is 4.98 Å². The molecular weight excluding hydrogens is 206 g/mol. The first-order valence-electron chi connectivity index (χ1n) is 5.30. The third kappa shape index (κ3) is 1.69. The molecule has 3 heterocycles. The Labute approximate surface area is 92.5 Å². The lowest BCUT2D eigenvalue weighted by Gasteiger charge is -2.00. The second-order valence-electron chi connectivity index (χ2n) is 3.67. The first kappa shape index (κ1) is 9.47. The molecule has 0 N–H and O–H groups in total. The smallest absolute Gasteiger partial charge is 0.256 e. The largest absolute Gasteiger partial charge is 0.368 e. The van der Waals surface area contributed by atoms with Gasteiger partial charge in [-0.1, -0.05) is 11.2 Å². The van der Waals surface area contributed by atoms with Crippen molar-refractivity contribution in [2.24, 2.45) is 0 Å². The van der Waals surface area contributed by atoms with Crippen LogP contribution in [0.25, 0.3) is 11.5 Å². The van der Waals surface area contributed by atoms with Gasteiger partial charge >= 0.3 is 0 Å². The summed E-state index contributed by atoms with van der Waals surface area (Å²) in [7, 11) is 0. The molecule has 1 saturated heterocycles. The molecule has 0 amide bonds. The average molecular weight is 217 g/mol. The first-order valence-corrected chi connectivity index (χ1v) is 5.30. The van der Waals surface area contributed by atoms with Crippen molar-refractivity contribution in [2.75, 3.05) is 6.61 Å². The number of aromatic nitrogens is 3. The first-order chi connectivity index (χ1) is 7.93. The molecular formula is C11H11N3O2. The van der Waals surface area contributed by atoms with Gasteiger partial charge in [-0.2, -0.15) is 4.98 Å². The summed E-state index contributed by atoms with van der Waals surface area (Å²) in [4.78, 5) is 8.46. The summed E-state index contributed by atoms with van der Waals surface area (Å²) in [5, 5.41) is 3.90. The quantitative estimate of drug-likeness (QED) is 0.769. The number of rotatable bonds is 2. The van der Waals surface area contributed by atoms with E-state index < -0.39 is 0 Å². The predicted molar refractivity (Wildman–Crippen MR) is 55.5 cm³/mol. The van der Waals surface area contributed by atoms with Crippen molar-refractivity contribution in [3.63, 3.8) is 0 Å². The third-order valence-corrected chi connectivity index (χ3v) is 2.54. The van der Waals surface area contributed by atoms with Crippen LogP contribution in [0.4, 0.5) is 0 Å². The highest BCUT2D eigenvalue weighted by atomic mass is 16.5. The van der Waals surface area contributed by atoms with E-state index in [9.17, 15) is 0 Å². The fraction of sp³-hybridized carbons (Fsp3) is 0.364. The fourth-order valence-corrected chi connectivity index (χ4v) is 1.74. The van der Waals surface area contributed by atoms with E-state index in [-0.39, 0.29) is 6.10 Å². The van der Waals surface area contributed by atoms with Crippen molar-refractivity contribution in [2.45, 2.75) is 18.9 Å². The van der Waals surface area contributed by atoms with Crippen LogP contribution in [-0.2, 0) is 4.74 Å². The zero-order valence-electron chi connectivity index (χ0n) is 8.67. The highest BCUT2D eigenvalue weighted by Gasteiger charge is 2.24. The lowest BCUT2D eigenvalue weighted by atomic mass is 10.2. The molecule has 1 fully saturated rings. The van der Waals surface area contributed by atoms with Crippen LogP contribution in [0.2, 0.25) is 0 Å². The van der Waals surface area contributed by atoms with Gasteiger partial charge in [-0.15, -0.1) is 0 Å². The molecule has 0 bridgehead atoms. The zero-order chi connectivity index (χ0) is 10.8. The van der Waals surface area contributed by atoms with E-state index in [2.05, 4.69) is 15.1 Å². The Kier molecular flexibility index (Phi) is 2.38. The van der Waals surface area contributed by atoms with Crippen molar-refractivity contribution >= 4 is 0 Å². The molecule has 0 spiro atoms. The number of hydrogen-bond donors (Lipinski definition) is 0. The van der Waals surface area contributed by atoms with Crippen LogP contribution in [0.15, 0.2) is 28.9 Å². The second kappa shape index (κ2) is 4.02. The van der Waals surface area contributed by atoms with Gasteiger partial charge in [0.2, 0.25) is 5.82 Å². The Morgan fingerprint density at radius 1 is 1.31 bits per heavy atom. The van der Waals surface area contributed by atoms with Gasteiger partial charge in [-0.25, -0.2) is 0 Å². The Bertz CT molecular complexity index is 463. The Balaban J connectivity index is 1.87. The summed E-state index contributed by atoms with van der Waals surface area (Å²) in [6, 6.07) is 5.60. The molecule has 82 valence electrons. The summed E-state index contributed by atoms with van der Waals surface area (Å²) < 4.78 is 10.6. The van der Waals surface area contributed by atoms with Crippen molar-refractivity contribution in [3.8, 4) is 11.5 Å². The minimum absolute atomic E-state index is 0.0371. The molecule has 0 aliphatic carbocycles. The lowest BCUT2D eigenvalue weighted by molar-refractivity contribution is 0.0835. The molecule has 1 aliphatic heterocycles. The molecule has 0 saturated carbocycles. The van der Waals surface area contributed by atoms with Crippen LogP contribution in [0, 0.1) is 0 Å². The Hall–Kier alpha value is -1.75. The lowest BCUT2D eigenvalue weighted by Crippen LogP contribution is -1.95. The topological polar surface area (TPSA) is 61.0 Å². The van der Waals surface area contributed by atoms with Gasteiger partial charge in [0.1, 0.15) is 11.8 Å². The standard InChI is InChI=1S/C11H11N3O2/c1-2-6-12-8(4-1)10-13-11(16-14-10)9-5-3-7-15-9/h1-2,4,6,9H,3,5,7H2/t9-/m1/s1. The minimum atomic E-state index is -0.0371. The van der Waals surface area contributed by atoms with Crippen LogP contribution in [-0.4, -0.2) is 21.7 Å². The van der Waals surface area contributed by atoms with Gasteiger partial charge in [0.25, 0.3) is 5.89 Å². The molecule has 0 aromatic carbocycles. The van der Waals surface area contributed by atoms with E-state index in [1.54, 1.807) is 6.20 Å². The van der Waals surface area contributed by atoms with Crippen LogP contribution in [0.1, 0.15) is 24.8 Å². The number of pyridine rings is 1. The average Bonchev–Trinajstić information content (AvgIpc) is 3.01. The molecule has 0 unspecified atom stereocenters. The van der Waals surface area contributed by atoms with E-state index in [0.29, 0.717) is 11.7 Å². The molecule has 5 heteroatoms. The van der Waals surface area contributed by atoms with Crippen molar-refractivity contribution in [1.29, 1.82) is 0 Å². The SMILES string of the molecule is c1ccc(-c2noc([C@H]3CCCO3)n2)nc1. The van der Waals surface area contributed by atoms with Gasteiger partial charge in [0.05, 0.1) is 0 Å². The van der Waals surface area contributed by atoms with Crippen molar-refractivity contribution in [1.82, 2.24) is 15.1 Å². The zero-order valence-corrected chi connectivity index (χ0v) is 8.67. The summed E-state index contributed by atoms with van der Waals surface area (Å²) in [6.45, 7) is 0.770. The van der Waals surface area contributed by atoms with Gasteiger partial charge in [0.15, 0.2) is 0 Å². The highest BCUT2D eigenvalue weighted by Crippen LogP contribution is 2.28. The van der Waals surface area contributed by atoms with Gasteiger partial charge in [-0.05, 0) is 25.0 Å². The van der Waals surface area contributed by atoms with E-state index in [1.165, 1.54) is 0 Å². The highest BCUT2D eigenvalue weighted by molar-refractivity contribution is 5.47. The number of ether oxygens (including phenoxy) is 1. The summed E-state index contributed by atoms with van der Waals surface area (Å²) in [5.41, 5.74) is 0.718. The van der Waals surface area contributed by atoms with Crippen LogP contribution < -0.4 is 0 Å². The molecule has 1 atom stereocenters. The number of nitrogens with zero attached hydrogens (tertiary/aromatic N) is 3. The Morgan fingerprint density at radius 2 is 2.31 bits per heavy atom. The molecule has 2 aromatic heterocycles. The molecule has 1 aliphatic rings. The van der Waals surface area contributed by atoms with Crippen molar-refractivity contribution in [3.05, 3.63) is 30.3 Å². The summed E-state index contributed by atoms with van der Waals surface area (Å²) >= 11 is 0.